The van der Waals surface area contributed by atoms with Crippen molar-refractivity contribution >= 4 is 37.7 Å². The Morgan fingerprint density at radius 3 is 1.38 bits per heavy atom. The van der Waals surface area contributed by atoms with Crippen molar-refractivity contribution in [2.45, 2.75) is 76.9 Å². The molecule has 146 valence electrons. The van der Waals surface area contributed by atoms with E-state index in [4.69, 9.17) is 0 Å². The van der Waals surface area contributed by atoms with E-state index < -0.39 is 0 Å². The summed E-state index contributed by atoms with van der Waals surface area (Å²) in [6.45, 7) is 14.1. The monoisotopic (exact) mass is 492 g/mol. The molecule has 6 atom stereocenters. The third-order valence-electron chi connectivity index (χ3n) is 9.49. The normalized spacial score (nSPS) is 51.0. The first kappa shape index (κ1) is 19.3. The summed E-state index contributed by atoms with van der Waals surface area (Å²) < 4.78 is 0. The summed E-state index contributed by atoms with van der Waals surface area (Å²) in [5.41, 5.74) is 2.73. The zero-order chi connectivity index (χ0) is 19.1. The van der Waals surface area contributed by atoms with E-state index in [9.17, 15) is 10.4 Å². The quantitative estimate of drug-likeness (QED) is 0.349. The van der Waals surface area contributed by atoms with Gasteiger partial charge in [-0.25, -0.2) is 0 Å². The average molecular weight is 490 g/mol. The molecule has 0 aliphatic heterocycles. The van der Waals surface area contributed by atoms with E-state index in [-0.39, 0.29) is 21.7 Å². The van der Waals surface area contributed by atoms with E-state index in [0.717, 1.165) is 24.3 Å². The number of fused-ring (bicyclic) bond motifs is 4. The van der Waals surface area contributed by atoms with Crippen molar-refractivity contribution in [3.8, 4) is 0 Å². The molecule has 4 aliphatic carbocycles. The van der Waals surface area contributed by atoms with Crippen LogP contribution in [0.15, 0.2) is 10.3 Å². The van der Waals surface area contributed by atoms with Crippen molar-refractivity contribution in [2.24, 2.45) is 43.8 Å². The summed E-state index contributed by atoms with van der Waals surface area (Å²) in [4.78, 5) is 0.937. The summed E-state index contributed by atoms with van der Waals surface area (Å²) in [5, 5.41) is 27.3. The molecule has 0 unspecified atom stereocenters. The molecule has 0 spiro atoms. The van der Waals surface area contributed by atoms with Gasteiger partial charge in [0.25, 0.3) is 0 Å². The number of nitrogens with zero attached hydrogens (tertiary/aromatic N) is 2. The Labute approximate surface area is 168 Å². The molecule has 4 bridgehead atoms. The van der Waals surface area contributed by atoms with Crippen LogP contribution in [-0.4, -0.2) is 48.1 Å². The molecule has 0 aromatic heterocycles. The fraction of sp³-hybridized carbons (Fsp3) is 0.900. The van der Waals surface area contributed by atoms with Gasteiger partial charge in [0.2, 0.25) is 0 Å². The van der Waals surface area contributed by atoms with Crippen LogP contribution in [0.2, 0.25) is 9.63 Å². The van der Waals surface area contributed by atoms with Gasteiger partial charge >= 0.3 is 169 Å². The van der Waals surface area contributed by atoms with E-state index in [1.165, 1.54) is 12.8 Å². The molecule has 2 N–H and O–H groups in total. The third kappa shape index (κ3) is 2.03. The zero-order valence-corrected chi connectivity index (χ0v) is 20.2. The molecule has 0 radical (unpaired) electrons. The van der Waals surface area contributed by atoms with Crippen LogP contribution in [0.1, 0.15) is 67.2 Å². The second-order valence-corrected chi connectivity index (χ2v) is 17.5. The molecule has 4 aliphatic rings. The summed E-state index contributed by atoms with van der Waals surface area (Å²) in [5.74, 6) is 1.30. The molecular formula is C20H32N2O2Se2. The fourth-order valence-electron chi connectivity index (χ4n) is 6.74. The summed E-state index contributed by atoms with van der Waals surface area (Å²) in [6.07, 6.45) is 4.85. The number of hydrogen-bond acceptors (Lipinski definition) is 4. The van der Waals surface area contributed by atoms with Gasteiger partial charge in [0, 0.05) is 0 Å². The first-order chi connectivity index (χ1) is 12.1. The Bertz CT molecular complexity index is 631. The molecule has 0 aromatic carbocycles. The fourth-order valence-corrected chi connectivity index (χ4v) is 19.0. The molecule has 0 amide bonds. The van der Waals surface area contributed by atoms with E-state index in [1.54, 1.807) is 0 Å². The Morgan fingerprint density at radius 1 is 0.731 bits per heavy atom. The summed E-state index contributed by atoms with van der Waals surface area (Å²) in [7, 11) is 0. The van der Waals surface area contributed by atoms with Gasteiger partial charge in [-0.2, -0.15) is 0 Å². The Kier molecular flexibility index (Phi) is 4.27. The van der Waals surface area contributed by atoms with E-state index in [1.807, 2.05) is 0 Å². The van der Waals surface area contributed by atoms with Gasteiger partial charge in [0.15, 0.2) is 0 Å². The van der Waals surface area contributed by atoms with Gasteiger partial charge in [-0.15, -0.1) is 0 Å². The molecule has 4 saturated carbocycles. The minimum absolute atomic E-state index is 0.0583. The van der Waals surface area contributed by atoms with Gasteiger partial charge in [0.05, 0.1) is 0 Å². The number of oxime groups is 2. The van der Waals surface area contributed by atoms with Crippen LogP contribution in [0, 0.1) is 33.5 Å². The van der Waals surface area contributed by atoms with Crippen LogP contribution in [-0.2, 0) is 0 Å². The molecule has 0 aromatic rings. The van der Waals surface area contributed by atoms with Gasteiger partial charge in [0.1, 0.15) is 0 Å². The predicted molar refractivity (Wildman–Crippen MR) is 107 cm³/mol. The molecule has 4 fully saturated rings. The van der Waals surface area contributed by atoms with Crippen LogP contribution in [0.5, 0.6) is 0 Å². The molecular weight excluding hydrogens is 458 g/mol. The van der Waals surface area contributed by atoms with Crippen molar-refractivity contribution in [1.82, 2.24) is 0 Å². The first-order valence-corrected chi connectivity index (χ1v) is 16.1. The van der Waals surface area contributed by atoms with Crippen LogP contribution in [0.25, 0.3) is 0 Å². The van der Waals surface area contributed by atoms with Crippen molar-refractivity contribution in [3.63, 3.8) is 0 Å². The first-order valence-electron chi connectivity index (χ1n) is 9.83. The van der Waals surface area contributed by atoms with Gasteiger partial charge in [-0.1, -0.05) is 0 Å². The van der Waals surface area contributed by atoms with Crippen LogP contribution in [0.4, 0.5) is 0 Å². The molecule has 0 heterocycles. The Morgan fingerprint density at radius 2 is 1.08 bits per heavy atom. The van der Waals surface area contributed by atoms with Crippen molar-refractivity contribution < 1.29 is 10.4 Å². The molecule has 0 saturated heterocycles. The van der Waals surface area contributed by atoms with Gasteiger partial charge < -0.3 is 0 Å². The summed E-state index contributed by atoms with van der Waals surface area (Å²) >= 11 is 0.873. The number of hydrogen-bond donors (Lipinski definition) is 2. The van der Waals surface area contributed by atoms with Crippen molar-refractivity contribution in [2.75, 3.05) is 0 Å². The van der Waals surface area contributed by atoms with Crippen molar-refractivity contribution in [1.29, 1.82) is 0 Å². The standard InChI is InChI=1S/C20H32N2O2Se2/c1-17(2)11-7-9-19(17,5)15(21-23)13(11)25-26-14-12-8-10-20(6,16(14)22-24)18(12,3)4/h11-14,23-24H,7-10H2,1-6H3/b21-15-,22-16-/t11-,12-,13+,14+,19+,20+/m1/s1. The molecule has 4 nitrogen and oxygen atoms in total. The topological polar surface area (TPSA) is 65.2 Å². The Hall–Kier alpha value is -0.0210. The average Bonchev–Trinajstić information content (AvgIpc) is 3.07. The van der Waals surface area contributed by atoms with Crippen LogP contribution < -0.4 is 0 Å². The van der Waals surface area contributed by atoms with Gasteiger partial charge in [-0.05, 0) is 0 Å². The van der Waals surface area contributed by atoms with E-state index in [2.05, 4.69) is 51.9 Å². The molecule has 4 rings (SSSR count). The predicted octanol–water partition coefficient (Wildman–Crippen LogP) is 4.46. The van der Waals surface area contributed by atoms with Crippen LogP contribution in [0.3, 0.4) is 0 Å². The van der Waals surface area contributed by atoms with Crippen molar-refractivity contribution in [3.05, 3.63) is 0 Å². The second kappa shape index (κ2) is 5.75. The Balaban J connectivity index is 1.57. The molecule has 6 heteroatoms. The van der Waals surface area contributed by atoms with Gasteiger partial charge in [-0.3, -0.25) is 0 Å². The SMILES string of the molecule is CC1(C)[C@@H]2CC[C@@]1(C)/C(=N\O)[C@H]2[Se][Se][C@@H]1/C(=N/O)[C@]2(C)CC[C@H]1C2(C)C. The molecule has 26 heavy (non-hydrogen) atoms. The second-order valence-electron chi connectivity index (χ2n) is 10.4. The van der Waals surface area contributed by atoms with Crippen LogP contribution >= 0.6 is 0 Å². The minimum atomic E-state index is 0.0583. The summed E-state index contributed by atoms with van der Waals surface area (Å²) in [6, 6.07) is 0. The van der Waals surface area contributed by atoms with E-state index in [0.29, 0.717) is 47.7 Å². The maximum absolute atomic E-state index is 9.82. The third-order valence-corrected chi connectivity index (χ3v) is 18.6. The van der Waals surface area contributed by atoms with E-state index >= 15 is 0 Å². The number of rotatable bonds is 3. The maximum atomic E-state index is 9.82. The zero-order valence-electron chi connectivity index (χ0n) is 16.7.